The zero-order valence-corrected chi connectivity index (χ0v) is 21.7. The maximum Gasteiger partial charge on any atom is 0.230 e. The van der Waals surface area contributed by atoms with Crippen LogP contribution in [0, 0.1) is 11.3 Å². The predicted molar refractivity (Wildman–Crippen MR) is 144 cm³/mol. The van der Waals surface area contributed by atoms with Crippen molar-refractivity contribution < 1.29 is 14.3 Å². The third-order valence-electron chi connectivity index (χ3n) is 7.02. The number of hydrogen-bond acceptors (Lipinski definition) is 5. The molecule has 0 bridgehead atoms. The molecule has 3 aromatic carbocycles. The van der Waals surface area contributed by atoms with Crippen LogP contribution in [0.2, 0.25) is 0 Å². The minimum absolute atomic E-state index is 0.0898. The Labute approximate surface area is 220 Å². The molecule has 1 saturated heterocycles. The molecular weight excluding hydrogens is 462 g/mol. The number of hydrogen-bond donors (Lipinski definition) is 0. The maximum absolute atomic E-state index is 13.3. The summed E-state index contributed by atoms with van der Waals surface area (Å²) in [5, 5.41) is 9.06. The van der Waals surface area contributed by atoms with Crippen LogP contribution in [-0.2, 0) is 16.1 Å². The van der Waals surface area contributed by atoms with Crippen molar-refractivity contribution in [2.24, 2.45) is 0 Å². The summed E-state index contributed by atoms with van der Waals surface area (Å²) in [6.07, 6.45) is 0.644. The number of benzene rings is 3. The minimum Gasteiger partial charge on any atom is -0.497 e. The number of nitriles is 1. The van der Waals surface area contributed by atoms with Crippen LogP contribution in [0.5, 0.6) is 5.75 Å². The van der Waals surface area contributed by atoms with Gasteiger partial charge < -0.3 is 14.4 Å². The van der Waals surface area contributed by atoms with Crippen molar-refractivity contribution in [1.82, 2.24) is 9.80 Å². The van der Waals surface area contributed by atoms with Gasteiger partial charge in [0.2, 0.25) is 5.91 Å². The van der Waals surface area contributed by atoms with Crippen LogP contribution >= 0.6 is 0 Å². The highest BCUT2D eigenvalue weighted by molar-refractivity contribution is 5.83. The first-order valence-corrected chi connectivity index (χ1v) is 12.9. The van der Waals surface area contributed by atoms with Crippen LogP contribution in [-0.4, -0.2) is 55.5 Å². The van der Waals surface area contributed by atoms with E-state index >= 15 is 0 Å². The Balaban J connectivity index is 1.40. The van der Waals surface area contributed by atoms with Crippen LogP contribution < -0.4 is 4.74 Å². The molecular formula is C31H35N3O3. The van der Waals surface area contributed by atoms with Gasteiger partial charge in [0.15, 0.2) is 0 Å². The number of rotatable bonds is 10. The number of nitrogens with zero attached hydrogens (tertiary/aromatic N) is 3. The van der Waals surface area contributed by atoms with E-state index in [1.807, 2.05) is 77.7 Å². The third kappa shape index (κ3) is 6.97. The Morgan fingerprint density at radius 3 is 2.30 bits per heavy atom. The minimum atomic E-state index is -0.152. The molecule has 4 rings (SSSR count). The fourth-order valence-corrected chi connectivity index (χ4v) is 4.81. The Bertz CT molecular complexity index is 1180. The Morgan fingerprint density at radius 1 is 0.946 bits per heavy atom. The first-order chi connectivity index (χ1) is 18.1. The van der Waals surface area contributed by atoms with Gasteiger partial charge in [-0.3, -0.25) is 9.69 Å². The van der Waals surface area contributed by atoms with Gasteiger partial charge in [-0.25, -0.2) is 0 Å². The first-order valence-electron chi connectivity index (χ1n) is 12.9. The van der Waals surface area contributed by atoms with Crippen molar-refractivity contribution in [1.29, 1.82) is 5.26 Å². The second-order valence-corrected chi connectivity index (χ2v) is 9.38. The molecule has 0 aliphatic carbocycles. The van der Waals surface area contributed by atoms with Gasteiger partial charge in [-0.15, -0.1) is 0 Å². The lowest BCUT2D eigenvalue weighted by atomic mass is 9.95. The second-order valence-electron chi connectivity index (χ2n) is 9.38. The van der Waals surface area contributed by atoms with Crippen molar-refractivity contribution in [3.63, 3.8) is 0 Å². The molecule has 1 amide bonds. The van der Waals surface area contributed by atoms with E-state index < -0.39 is 0 Å². The summed E-state index contributed by atoms with van der Waals surface area (Å²) in [4.78, 5) is 17.7. The lowest BCUT2D eigenvalue weighted by molar-refractivity contribution is -0.135. The molecule has 0 saturated carbocycles. The van der Waals surface area contributed by atoms with Gasteiger partial charge >= 0.3 is 0 Å². The molecule has 0 radical (unpaired) electrons. The van der Waals surface area contributed by atoms with Gasteiger partial charge in [0.1, 0.15) is 5.75 Å². The molecule has 6 nitrogen and oxygen atoms in total. The van der Waals surface area contributed by atoms with Gasteiger partial charge in [-0.2, -0.15) is 5.26 Å². The molecule has 1 aliphatic rings. The molecule has 6 heteroatoms. The SMILES string of the molecule is CC[C@@H](C(=O)N1CCN(C[C@@H](OCc2ccc(C#N)cc2)c2cccc(OC)c2)CC1)c1ccccc1. The van der Waals surface area contributed by atoms with E-state index in [1.54, 1.807) is 7.11 Å². The summed E-state index contributed by atoms with van der Waals surface area (Å²) in [6.45, 7) is 6.28. The molecule has 37 heavy (non-hydrogen) atoms. The van der Waals surface area contributed by atoms with Gasteiger partial charge in [0.25, 0.3) is 0 Å². The number of carbonyl (C=O) groups excluding carboxylic acids is 1. The van der Waals surface area contributed by atoms with Gasteiger partial charge in [0.05, 0.1) is 37.4 Å². The molecule has 1 heterocycles. The molecule has 192 valence electrons. The normalized spacial score (nSPS) is 15.5. The molecule has 1 aliphatic heterocycles. The third-order valence-corrected chi connectivity index (χ3v) is 7.02. The average Bonchev–Trinajstić information content (AvgIpc) is 2.96. The predicted octanol–water partition coefficient (Wildman–Crippen LogP) is 5.16. The largest absolute Gasteiger partial charge is 0.497 e. The van der Waals surface area contributed by atoms with Crippen molar-refractivity contribution in [3.05, 3.63) is 101 Å². The Hall–Kier alpha value is -3.66. The average molecular weight is 498 g/mol. The highest BCUT2D eigenvalue weighted by atomic mass is 16.5. The molecule has 0 aromatic heterocycles. The van der Waals surface area contributed by atoms with E-state index in [0.717, 1.165) is 48.5 Å². The fraction of sp³-hybridized carbons (Fsp3) is 0.355. The van der Waals surface area contributed by atoms with E-state index in [1.165, 1.54) is 0 Å². The summed E-state index contributed by atoms with van der Waals surface area (Å²) >= 11 is 0. The molecule has 2 atom stereocenters. The van der Waals surface area contributed by atoms with Crippen LogP contribution in [0.4, 0.5) is 0 Å². The molecule has 0 N–H and O–H groups in total. The van der Waals surface area contributed by atoms with Gasteiger partial charge in [-0.1, -0.05) is 61.5 Å². The van der Waals surface area contributed by atoms with Crippen molar-refractivity contribution in [3.8, 4) is 11.8 Å². The van der Waals surface area contributed by atoms with E-state index in [9.17, 15) is 4.79 Å². The number of carbonyl (C=O) groups is 1. The highest BCUT2D eigenvalue weighted by Crippen LogP contribution is 2.26. The second kappa shape index (κ2) is 13.0. The summed E-state index contributed by atoms with van der Waals surface area (Å²) in [7, 11) is 1.67. The van der Waals surface area contributed by atoms with Crippen LogP contribution in [0.15, 0.2) is 78.9 Å². The Kier molecular flexibility index (Phi) is 9.31. The van der Waals surface area contributed by atoms with E-state index in [4.69, 9.17) is 14.7 Å². The standard InChI is InChI=1S/C31H35N3O3/c1-3-29(26-8-5-4-6-9-26)31(35)34-18-16-33(17-19-34)22-30(27-10-7-11-28(20-27)36-2)37-23-25-14-12-24(21-32)13-15-25/h4-15,20,29-30H,3,16-19,22-23H2,1-2H3/t29-,30-/m1/s1. The number of methoxy groups -OCH3 is 1. The molecule has 3 aromatic rings. The van der Waals surface area contributed by atoms with Crippen molar-refractivity contribution in [2.45, 2.75) is 32.0 Å². The van der Waals surface area contributed by atoms with E-state index in [-0.39, 0.29) is 17.9 Å². The zero-order valence-electron chi connectivity index (χ0n) is 21.7. The van der Waals surface area contributed by atoms with Crippen LogP contribution in [0.1, 0.15) is 47.6 Å². The summed E-state index contributed by atoms with van der Waals surface area (Å²) in [5.74, 6) is 0.925. The molecule has 1 fully saturated rings. The number of ether oxygens (including phenoxy) is 2. The Morgan fingerprint density at radius 2 is 1.65 bits per heavy atom. The lowest BCUT2D eigenvalue weighted by Crippen LogP contribution is -2.50. The van der Waals surface area contributed by atoms with Crippen molar-refractivity contribution in [2.75, 3.05) is 39.8 Å². The maximum atomic E-state index is 13.3. The smallest absolute Gasteiger partial charge is 0.230 e. The van der Waals surface area contributed by atoms with Crippen LogP contribution in [0.25, 0.3) is 0 Å². The van der Waals surface area contributed by atoms with Crippen molar-refractivity contribution >= 4 is 5.91 Å². The number of piperazine rings is 1. The van der Waals surface area contributed by atoms with Gasteiger partial charge in [0, 0.05) is 32.7 Å². The topological polar surface area (TPSA) is 65.8 Å². The first kappa shape index (κ1) is 26.4. The molecule has 0 spiro atoms. The van der Waals surface area contributed by atoms with E-state index in [2.05, 4.69) is 24.0 Å². The van der Waals surface area contributed by atoms with Crippen LogP contribution in [0.3, 0.4) is 0 Å². The molecule has 0 unspecified atom stereocenters. The fourth-order valence-electron chi connectivity index (χ4n) is 4.81. The monoisotopic (exact) mass is 497 g/mol. The van der Waals surface area contributed by atoms with E-state index in [0.29, 0.717) is 25.3 Å². The summed E-state index contributed by atoms with van der Waals surface area (Å²) < 4.78 is 11.9. The summed E-state index contributed by atoms with van der Waals surface area (Å²) in [5.41, 5.74) is 3.81. The van der Waals surface area contributed by atoms with Gasteiger partial charge in [-0.05, 0) is 47.4 Å². The number of amides is 1. The summed E-state index contributed by atoms with van der Waals surface area (Å²) in [6, 6.07) is 27.7. The lowest BCUT2D eigenvalue weighted by Gasteiger charge is -2.38. The zero-order chi connectivity index (χ0) is 26.0. The highest BCUT2D eigenvalue weighted by Gasteiger charge is 2.28. The quantitative estimate of drug-likeness (QED) is 0.387.